The molecule has 0 radical (unpaired) electrons. The molecule has 0 aliphatic heterocycles. The van der Waals surface area contributed by atoms with Gasteiger partial charge in [-0.15, -0.1) is 0 Å². The lowest BCUT2D eigenvalue weighted by Crippen LogP contribution is -2.23. The van der Waals surface area contributed by atoms with Crippen LogP contribution in [0.2, 0.25) is 0 Å². The first-order valence-electron chi connectivity index (χ1n) is 7.91. The second-order valence-corrected chi connectivity index (χ2v) is 5.82. The van der Waals surface area contributed by atoms with Gasteiger partial charge in [0.05, 0.1) is 22.8 Å². The summed E-state index contributed by atoms with van der Waals surface area (Å²) >= 11 is 0. The molecule has 0 bridgehead atoms. The Labute approximate surface area is 152 Å². The first-order valence-corrected chi connectivity index (χ1v) is 7.91. The Bertz CT molecular complexity index is 1170. The molecule has 0 amide bonds. The molecule has 130 valence electrons. The molecule has 1 aliphatic rings. The van der Waals surface area contributed by atoms with Crippen molar-refractivity contribution in [3.63, 3.8) is 0 Å². The zero-order valence-corrected chi connectivity index (χ0v) is 14.0. The van der Waals surface area contributed by atoms with E-state index >= 15 is 0 Å². The van der Waals surface area contributed by atoms with Crippen LogP contribution >= 0.6 is 0 Å². The van der Waals surface area contributed by atoms with Gasteiger partial charge in [-0.25, -0.2) is 4.79 Å². The maximum atomic E-state index is 12.8. The molecule has 0 saturated carbocycles. The van der Waals surface area contributed by atoms with Gasteiger partial charge in [-0.05, 0) is 43.3 Å². The molecule has 0 unspecified atom stereocenters. The minimum atomic E-state index is -0.831. The predicted molar refractivity (Wildman–Crippen MR) is 90.7 cm³/mol. The molecule has 1 aliphatic carbocycles. The number of pyridine rings is 1. The van der Waals surface area contributed by atoms with E-state index in [1.165, 1.54) is 43.5 Å². The number of rotatable bonds is 2. The summed E-state index contributed by atoms with van der Waals surface area (Å²) in [6.07, 6.45) is 1.40. The fourth-order valence-electron chi connectivity index (χ4n) is 2.93. The molecular formula is C20H10N2O5. The molecule has 7 heteroatoms. The van der Waals surface area contributed by atoms with E-state index in [1.54, 1.807) is 6.07 Å². The minimum absolute atomic E-state index is 0.0248. The Morgan fingerprint density at radius 3 is 2.59 bits per heavy atom. The van der Waals surface area contributed by atoms with E-state index in [1.807, 2.05) is 6.07 Å². The highest BCUT2D eigenvalue weighted by molar-refractivity contribution is 6.29. The minimum Gasteiger partial charge on any atom is -0.456 e. The molecule has 1 aromatic carbocycles. The summed E-state index contributed by atoms with van der Waals surface area (Å²) in [5.41, 5.74) is 0.278. The van der Waals surface area contributed by atoms with Crippen LogP contribution in [0.4, 0.5) is 0 Å². The second-order valence-electron chi connectivity index (χ2n) is 5.82. The molecule has 0 atom stereocenters. The number of aryl methyl sites for hydroxylation is 1. The van der Waals surface area contributed by atoms with Crippen molar-refractivity contribution in [1.82, 2.24) is 4.98 Å². The van der Waals surface area contributed by atoms with Gasteiger partial charge in [0.15, 0.2) is 5.76 Å². The van der Waals surface area contributed by atoms with Crippen molar-refractivity contribution in [2.24, 2.45) is 0 Å². The van der Waals surface area contributed by atoms with Crippen molar-refractivity contribution in [1.29, 1.82) is 5.26 Å². The molecule has 0 spiro atoms. The number of ether oxygens (including phenoxy) is 1. The maximum absolute atomic E-state index is 12.8. The van der Waals surface area contributed by atoms with Crippen molar-refractivity contribution in [2.75, 3.05) is 0 Å². The van der Waals surface area contributed by atoms with Crippen LogP contribution in [-0.2, 0) is 0 Å². The number of aromatic nitrogens is 1. The first kappa shape index (κ1) is 16.4. The number of carbonyl (C=O) groups excluding carboxylic acids is 3. The fourth-order valence-corrected chi connectivity index (χ4v) is 2.93. The molecule has 3 aromatic rings. The van der Waals surface area contributed by atoms with Crippen molar-refractivity contribution >= 4 is 17.5 Å². The number of ketones is 2. The van der Waals surface area contributed by atoms with Crippen molar-refractivity contribution in [3.8, 4) is 11.8 Å². The molecule has 0 fully saturated rings. The average Bonchev–Trinajstić information content (AvgIpc) is 3.04. The van der Waals surface area contributed by atoms with Crippen LogP contribution in [0.5, 0.6) is 5.75 Å². The van der Waals surface area contributed by atoms with E-state index in [0.29, 0.717) is 5.56 Å². The molecule has 2 aromatic heterocycles. The summed E-state index contributed by atoms with van der Waals surface area (Å²) in [5, 5.41) is 8.82. The third kappa shape index (κ3) is 2.51. The Balaban J connectivity index is 1.76. The fraction of sp³-hybridized carbons (Fsp3) is 0.0500. The standard InChI is InChI=1S/C20H10N2O5/c1-10-14(20(25)27-12-6-4-11(9-21)5-7-12)15-18(24)16-13(3-2-8-22-16)17(23)19(15)26-10/h2-8H,1H3. The summed E-state index contributed by atoms with van der Waals surface area (Å²) in [6.45, 7) is 1.48. The van der Waals surface area contributed by atoms with E-state index in [9.17, 15) is 14.4 Å². The number of esters is 1. The van der Waals surface area contributed by atoms with Crippen LogP contribution in [0.1, 0.15) is 53.9 Å². The molecule has 7 nitrogen and oxygen atoms in total. The highest BCUT2D eigenvalue weighted by Crippen LogP contribution is 2.33. The number of benzene rings is 1. The van der Waals surface area contributed by atoms with Gasteiger partial charge in [0.1, 0.15) is 22.8 Å². The predicted octanol–water partition coefficient (Wildman–Crippen LogP) is 2.85. The smallest absolute Gasteiger partial charge is 0.347 e. The monoisotopic (exact) mass is 358 g/mol. The van der Waals surface area contributed by atoms with Gasteiger partial charge in [-0.3, -0.25) is 14.6 Å². The molecule has 0 N–H and O–H groups in total. The number of nitrogens with zero attached hydrogens (tertiary/aromatic N) is 2. The number of nitriles is 1. The van der Waals surface area contributed by atoms with Gasteiger partial charge in [-0.1, -0.05) is 0 Å². The van der Waals surface area contributed by atoms with E-state index in [-0.39, 0.29) is 39.7 Å². The lowest BCUT2D eigenvalue weighted by Gasteiger charge is -2.12. The number of fused-ring (bicyclic) bond motifs is 2. The zero-order valence-electron chi connectivity index (χ0n) is 14.0. The maximum Gasteiger partial charge on any atom is 0.347 e. The topological polar surface area (TPSA) is 110 Å². The average molecular weight is 358 g/mol. The highest BCUT2D eigenvalue weighted by Gasteiger charge is 2.39. The molecule has 2 heterocycles. The van der Waals surface area contributed by atoms with E-state index in [0.717, 1.165) is 0 Å². The van der Waals surface area contributed by atoms with Gasteiger partial charge in [0, 0.05) is 6.20 Å². The number of carbonyl (C=O) groups is 3. The summed E-state index contributed by atoms with van der Waals surface area (Å²) in [5.74, 6) is -1.79. The summed E-state index contributed by atoms with van der Waals surface area (Å²) in [7, 11) is 0. The number of furan rings is 1. The van der Waals surface area contributed by atoms with E-state index < -0.39 is 17.5 Å². The van der Waals surface area contributed by atoms with E-state index in [2.05, 4.69) is 4.98 Å². The normalized spacial score (nSPS) is 12.1. The summed E-state index contributed by atoms with van der Waals surface area (Å²) in [6, 6.07) is 10.9. The number of hydrogen-bond donors (Lipinski definition) is 0. The third-order valence-electron chi connectivity index (χ3n) is 4.18. The van der Waals surface area contributed by atoms with Crippen LogP contribution in [0.25, 0.3) is 0 Å². The van der Waals surface area contributed by atoms with Crippen LogP contribution in [-0.4, -0.2) is 22.5 Å². The molecular weight excluding hydrogens is 348 g/mol. The second kappa shape index (κ2) is 6.04. The largest absolute Gasteiger partial charge is 0.456 e. The molecule has 27 heavy (non-hydrogen) atoms. The Hall–Kier alpha value is -4.05. The van der Waals surface area contributed by atoms with Gasteiger partial charge in [0.25, 0.3) is 0 Å². The van der Waals surface area contributed by atoms with Crippen LogP contribution < -0.4 is 4.74 Å². The molecule has 4 rings (SSSR count). The van der Waals surface area contributed by atoms with Crippen LogP contribution in [0.3, 0.4) is 0 Å². The Kier molecular flexibility index (Phi) is 3.67. The Morgan fingerprint density at radius 1 is 1.15 bits per heavy atom. The summed E-state index contributed by atoms with van der Waals surface area (Å²) in [4.78, 5) is 42.0. The zero-order chi connectivity index (χ0) is 19.1. The van der Waals surface area contributed by atoms with Crippen LogP contribution in [0, 0.1) is 18.3 Å². The lowest BCUT2D eigenvalue weighted by molar-refractivity contribution is 0.0729. The van der Waals surface area contributed by atoms with Gasteiger partial charge < -0.3 is 9.15 Å². The van der Waals surface area contributed by atoms with Gasteiger partial charge in [-0.2, -0.15) is 5.26 Å². The lowest BCUT2D eigenvalue weighted by atomic mass is 9.90. The van der Waals surface area contributed by atoms with E-state index in [4.69, 9.17) is 14.4 Å². The van der Waals surface area contributed by atoms with Crippen molar-refractivity contribution in [2.45, 2.75) is 6.92 Å². The third-order valence-corrected chi connectivity index (χ3v) is 4.18. The Morgan fingerprint density at radius 2 is 1.89 bits per heavy atom. The van der Waals surface area contributed by atoms with Crippen molar-refractivity contribution in [3.05, 3.63) is 82.1 Å². The first-order chi connectivity index (χ1) is 13.0. The molecule has 0 saturated heterocycles. The number of hydrogen-bond acceptors (Lipinski definition) is 7. The SMILES string of the molecule is Cc1oc2c(c1C(=O)Oc1ccc(C#N)cc1)C(=O)c1ncccc1C2=O. The van der Waals surface area contributed by atoms with Crippen LogP contribution in [0.15, 0.2) is 47.0 Å². The highest BCUT2D eigenvalue weighted by atomic mass is 16.5. The van der Waals surface area contributed by atoms with Gasteiger partial charge in [0.2, 0.25) is 11.6 Å². The van der Waals surface area contributed by atoms with Gasteiger partial charge >= 0.3 is 5.97 Å². The van der Waals surface area contributed by atoms with Crippen molar-refractivity contribution < 1.29 is 23.5 Å². The summed E-state index contributed by atoms with van der Waals surface area (Å²) < 4.78 is 10.7. The quantitative estimate of drug-likeness (QED) is 0.400.